The van der Waals surface area contributed by atoms with Crippen LogP contribution in [0.4, 0.5) is 0 Å². The van der Waals surface area contributed by atoms with Gasteiger partial charge in [0.25, 0.3) is 0 Å². The van der Waals surface area contributed by atoms with Gasteiger partial charge in [0.1, 0.15) is 0 Å². The molecule has 4 heteroatoms. The fourth-order valence-corrected chi connectivity index (χ4v) is 2.58. The molecule has 3 rings (SSSR count). The molecular weight excluding hydrogens is 224 g/mol. The molecular formula is C11H10N2S2. The summed E-state index contributed by atoms with van der Waals surface area (Å²) in [4.78, 5) is 7.42. The number of fused-ring (bicyclic) bond motifs is 3. The molecule has 0 spiro atoms. The highest BCUT2D eigenvalue weighted by atomic mass is 32.1. The maximum atomic E-state index is 5.11. The number of aromatic nitrogens is 2. The predicted octanol–water partition coefficient (Wildman–Crippen LogP) is 3.13. The van der Waals surface area contributed by atoms with Crippen molar-refractivity contribution in [1.29, 1.82) is 0 Å². The summed E-state index contributed by atoms with van der Waals surface area (Å²) in [7, 11) is 0. The molecule has 0 atom stereocenters. The van der Waals surface area contributed by atoms with Crippen LogP contribution in [-0.2, 0) is 12.8 Å². The Bertz CT molecular complexity index is 581. The van der Waals surface area contributed by atoms with Crippen LogP contribution >= 0.6 is 24.8 Å². The van der Waals surface area contributed by atoms with Crippen LogP contribution in [0.1, 0.15) is 11.3 Å². The Balaban J connectivity index is 2.29. The van der Waals surface area contributed by atoms with Gasteiger partial charge in [-0.1, -0.05) is 6.07 Å². The smallest absolute Gasteiger partial charge is 0.175 e. The van der Waals surface area contributed by atoms with Crippen molar-refractivity contribution in [3.63, 3.8) is 0 Å². The van der Waals surface area contributed by atoms with Gasteiger partial charge >= 0.3 is 0 Å². The summed E-state index contributed by atoms with van der Waals surface area (Å²) >= 11 is 9.46. The molecule has 0 fully saturated rings. The molecule has 0 saturated carbocycles. The van der Waals surface area contributed by atoms with Crippen molar-refractivity contribution in [3.8, 4) is 11.3 Å². The van der Waals surface area contributed by atoms with Crippen LogP contribution in [0.25, 0.3) is 11.3 Å². The summed E-state index contributed by atoms with van der Waals surface area (Å²) in [6.45, 7) is 0. The van der Waals surface area contributed by atoms with E-state index < -0.39 is 0 Å². The van der Waals surface area contributed by atoms with Crippen molar-refractivity contribution in [1.82, 2.24) is 9.97 Å². The number of rotatable bonds is 0. The molecule has 0 bridgehead atoms. The zero-order valence-electron chi connectivity index (χ0n) is 8.00. The topological polar surface area (TPSA) is 31.6 Å². The number of aromatic amines is 2. The second kappa shape index (κ2) is 3.25. The highest BCUT2D eigenvalue weighted by Crippen LogP contribution is 2.32. The van der Waals surface area contributed by atoms with Gasteiger partial charge in [0.2, 0.25) is 0 Å². The maximum absolute atomic E-state index is 5.11. The van der Waals surface area contributed by atoms with Gasteiger partial charge in [0, 0.05) is 16.2 Å². The largest absolute Gasteiger partial charge is 0.334 e. The van der Waals surface area contributed by atoms with E-state index in [9.17, 15) is 0 Å². The third kappa shape index (κ3) is 1.44. The molecule has 1 aliphatic rings. The predicted molar refractivity (Wildman–Crippen MR) is 66.1 cm³/mol. The van der Waals surface area contributed by atoms with Crippen molar-refractivity contribution in [2.45, 2.75) is 17.7 Å². The number of hydrogen-bond acceptors (Lipinski definition) is 2. The van der Waals surface area contributed by atoms with E-state index in [1.54, 1.807) is 0 Å². The van der Waals surface area contributed by atoms with Crippen LogP contribution in [0.3, 0.4) is 0 Å². The van der Waals surface area contributed by atoms with Gasteiger partial charge in [-0.25, -0.2) is 0 Å². The fraction of sp³-hybridized carbons (Fsp3) is 0.182. The Morgan fingerprint density at radius 3 is 2.93 bits per heavy atom. The molecule has 0 amide bonds. The SMILES string of the molecule is S=c1[nH]c2c([nH]1)-c1ccc(S)cc1CC2. The summed E-state index contributed by atoms with van der Waals surface area (Å²) in [5.41, 5.74) is 4.97. The Kier molecular flexibility index (Phi) is 2.00. The average Bonchev–Trinajstić information content (AvgIpc) is 2.58. The van der Waals surface area contributed by atoms with Crippen LogP contribution in [0, 0.1) is 4.77 Å². The summed E-state index contributed by atoms with van der Waals surface area (Å²) in [6, 6.07) is 6.25. The highest BCUT2D eigenvalue weighted by molar-refractivity contribution is 7.80. The highest BCUT2D eigenvalue weighted by Gasteiger charge is 2.17. The van der Waals surface area contributed by atoms with E-state index in [1.165, 1.54) is 16.8 Å². The summed E-state index contributed by atoms with van der Waals surface area (Å²) < 4.78 is 0.711. The van der Waals surface area contributed by atoms with Crippen molar-refractivity contribution in [2.75, 3.05) is 0 Å². The first-order valence-electron chi connectivity index (χ1n) is 4.87. The third-order valence-electron chi connectivity index (χ3n) is 2.81. The van der Waals surface area contributed by atoms with Crippen molar-refractivity contribution >= 4 is 24.8 Å². The van der Waals surface area contributed by atoms with E-state index in [0.29, 0.717) is 4.77 Å². The molecule has 0 radical (unpaired) electrons. The number of imidazole rings is 1. The normalized spacial score (nSPS) is 13.4. The molecule has 2 aromatic rings. The number of hydrogen-bond donors (Lipinski definition) is 3. The van der Waals surface area contributed by atoms with E-state index in [-0.39, 0.29) is 0 Å². The maximum Gasteiger partial charge on any atom is 0.175 e. The summed E-state index contributed by atoms with van der Waals surface area (Å²) in [6.07, 6.45) is 2.08. The lowest BCUT2D eigenvalue weighted by Gasteiger charge is -2.15. The first-order valence-corrected chi connectivity index (χ1v) is 5.73. The molecule has 76 valence electrons. The van der Waals surface area contributed by atoms with Gasteiger partial charge in [-0.2, -0.15) is 0 Å². The Hall–Kier alpha value is -1.00. The minimum Gasteiger partial charge on any atom is -0.334 e. The molecule has 1 heterocycles. The molecule has 15 heavy (non-hydrogen) atoms. The van der Waals surface area contributed by atoms with Crippen LogP contribution < -0.4 is 0 Å². The fourth-order valence-electron chi connectivity index (χ4n) is 2.13. The van der Waals surface area contributed by atoms with Gasteiger partial charge in [0.15, 0.2) is 4.77 Å². The Morgan fingerprint density at radius 2 is 2.07 bits per heavy atom. The van der Waals surface area contributed by atoms with E-state index in [4.69, 9.17) is 12.2 Å². The number of H-pyrrole nitrogens is 2. The first-order chi connectivity index (χ1) is 7.24. The lowest BCUT2D eigenvalue weighted by Crippen LogP contribution is -2.03. The lowest BCUT2D eigenvalue weighted by atomic mass is 9.92. The molecule has 2 nitrogen and oxygen atoms in total. The van der Waals surface area contributed by atoms with Crippen LogP contribution in [0.5, 0.6) is 0 Å². The quantitative estimate of drug-likeness (QED) is 0.475. The van der Waals surface area contributed by atoms with E-state index in [1.807, 2.05) is 6.07 Å². The Labute approximate surface area is 98.2 Å². The van der Waals surface area contributed by atoms with Crippen molar-refractivity contribution in [3.05, 3.63) is 34.2 Å². The second-order valence-corrected chi connectivity index (χ2v) is 4.70. The molecule has 1 aliphatic carbocycles. The standard InChI is InChI=1S/C11H10N2S2/c14-7-2-3-8-6(5-7)1-4-9-10(8)13-11(15)12-9/h2-3,5,14H,1,4H2,(H2,12,13,15). The summed E-state index contributed by atoms with van der Waals surface area (Å²) in [5, 5.41) is 0. The monoisotopic (exact) mass is 234 g/mol. The number of aryl methyl sites for hydroxylation is 2. The zero-order chi connectivity index (χ0) is 10.4. The second-order valence-electron chi connectivity index (χ2n) is 3.77. The molecule has 2 N–H and O–H groups in total. The van der Waals surface area contributed by atoms with E-state index in [2.05, 4.69) is 34.7 Å². The third-order valence-corrected chi connectivity index (χ3v) is 3.29. The number of thiol groups is 1. The van der Waals surface area contributed by atoms with Crippen LogP contribution in [0.2, 0.25) is 0 Å². The van der Waals surface area contributed by atoms with Crippen LogP contribution in [-0.4, -0.2) is 9.97 Å². The molecule has 0 saturated heterocycles. The average molecular weight is 234 g/mol. The van der Waals surface area contributed by atoms with Crippen LogP contribution in [0.15, 0.2) is 23.1 Å². The van der Waals surface area contributed by atoms with Gasteiger partial charge in [-0.15, -0.1) is 12.6 Å². The Morgan fingerprint density at radius 1 is 1.20 bits per heavy atom. The van der Waals surface area contributed by atoms with E-state index in [0.717, 1.165) is 23.4 Å². The minimum atomic E-state index is 0.711. The minimum absolute atomic E-state index is 0.711. The zero-order valence-corrected chi connectivity index (χ0v) is 9.71. The number of benzene rings is 1. The molecule has 1 aromatic heterocycles. The molecule has 1 aromatic carbocycles. The van der Waals surface area contributed by atoms with Gasteiger partial charge in [0.05, 0.1) is 5.69 Å². The van der Waals surface area contributed by atoms with Gasteiger partial charge in [-0.05, 0) is 42.8 Å². The summed E-state index contributed by atoms with van der Waals surface area (Å²) in [5.74, 6) is 0. The molecule has 0 unspecified atom stereocenters. The van der Waals surface area contributed by atoms with Gasteiger partial charge < -0.3 is 9.97 Å². The first kappa shape index (κ1) is 9.24. The molecule has 0 aliphatic heterocycles. The van der Waals surface area contributed by atoms with Crippen molar-refractivity contribution in [2.24, 2.45) is 0 Å². The number of nitrogens with one attached hydrogen (secondary N) is 2. The lowest BCUT2D eigenvalue weighted by molar-refractivity contribution is 0.903. The van der Waals surface area contributed by atoms with E-state index >= 15 is 0 Å². The van der Waals surface area contributed by atoms with Gasteiger partial charge in [-0.3, -0.25) is 0 Å². The van der Waals surface area contributed by atoms with Crippen molar-refractivity contribution < 1.29 is 0 Å².